The van der Waals surface area contributed by atoms with Gasteiger partial charge in [-0.2, -0.15) is 4.31 Å². The second-order valence-electron chi connectivity index (χ2n) is 8.47. The number of rotatable bonds is 12. The van der Waals surface area contributed by atoms with Gasteiger partial charge in [-0.25, -0.2) is 21.6 Å². The molecule has 0 fully saturated rings. The van der Waals surface area contributed by atoms with Crippen LogP contribution >= 0.6 is 0 Å². The molecule has 2 N–H and O–H groups in total. The van der Waals surface area contributed by atoms with E-state index in [0.29, 0.717) is 5.56 Å². The molecule has 0 heterocycles. The highest BCUT2D eigenvalue weighted by molar-refractivity contribution is 7.89. The van der Waals surface area contributed by atoms with Crippen LogP contribution in [-0.2, 0) is 31.4 Å². The van der Waals surface area contributed by atoms with Gasteiger partial charge in [0.15, 0.2) is 0 Å². The van der Waals surface area contributed by atoms with E-state index in [0.717, 1.165) is 15.4 Å². The molecule has 3 rings (SSSR count). The van der Waals surface area contributed by atoms with Crippen molar-refractivity contribution >= 4 is 26.0 Å². The molecule has 3 aromatic rings. The molecule has 0 aliphatic heterocycles. The maximum Gasteiger partial charge on any atom is 0.247 e. The molecule has 0 aliphatic carbocycles. The maximum atomic E-state index is 13.6. The molecule has 1 amide bonds. The van der Waals surface area contributed by atoms with Crippen LogP contribution in [-0.4, -0.2) is 53.8 Å². The standard InChI is InChI=1S/C26H31N3O6S2/c1-20-9-12-23(13-10-20)36(31,32)28-16-15-27-26(30)19-29(18-22-7-5-4-6-8-22)37(33,34)25-17-21(2)11-14-24(25)35-3/h4-14,17,28H,15-16,18-19H2,1-3H3,(H,27,30). The Balaban J connectivity index is 1.71. The lowest BCUT2D eigenvalue weighted by Gasteiger charge is -2.23. The molecule has 0 atom stereocenters. The van der Waals surface area contributed by atoms with Crippen LogP contribution in [0.4, 0.5) is 0 Å². The summed E-state index contributed by atoms with van der Waals surface area (Å²) in [6.07, 6.45) is 0. The SMILES string of the molecule is COc1ccc(C)cc1S(=O)(=O)N(CC(=O)NCCNS(=O)(=O)c1ccc(C)cc1)Cc1ccccc1. The van der Waals surface area contributed by atoms with Crippen LogP contribution in [0.15, 0.2) is 82.6 Å². The minimum atomic E-state index is -4.12. The van der Waals surface area contributed by atoms with E-state index in [2.05, 4.69) is 10.0 Å². The molecule has 3 aromatic carbocycles. The summed E-state index contributed by atoms with van der Waals surface area (Å²) in [7, 11) is -6.46. The zero-order valence-corrected chi connectivity index (χ0v) is 22.6. The first-order valence-electron chi connectivity index (χ1n) is 11.5. The molecule has 0 aromatic heterocycles. The molecular weight excluding hydrogens is 514 g/mol. The smallest absolute Gasteiger partial charge is 0.247 e. The van der Waals surface area contributed by atoms with Crippen molar-refractivity contribution in [2.45, 2.75) is 30.2 Å². The van der Waals surface area contributed by atoms with E-state index >= 15 is 0 Å². The molecule has 0 unspecified atom stereocenters. The number of sulfonamides is 2. The fraction of sp³-hybridized carbons (Fsp3) is 0.269. The third-order valence-corrected chi connectivity index (χ3v) is 8.82. The summed E-state index contributed by atoms with van der Waals surface area (Å²) in [5.41, 5.74) is 2.37. The van der Waals surface area contributed by atoms with Crippen LogP contribution < -0.4 is 14.8 Å². The van der Waals surface area contributed by atoms with Crippen molar-refractivity contribution < 1.29 is 26.4 Å². The number of carbonyl (C=O) groups is 1. The van der Waals surface area contributed by atoms with Crippen molar-refractivity contribution in [1.29, 1.82) is 0 Å². The van der Waals surface area contributed by atoms with E-state index in [1.807, 2.05) is 13.0 Å². The average molecular weight is 546 g/mol. The molecule has 0 radical (unpaired) electrons. The summed E-state index contributed by atoms with van der Waals surface area (Å²) in [5, 5.41) is 2.59. The number of hydrogen-bond donors (Lipinski definition) is 2. The normalized spacial score (nSPS) is 11.9. The van der Waals surface area contributed by atoms with Gasteiger partial charge in [-0.15, -0.1) is 0 Å². The zero-order valence-electron chi connectivity index (χ0n) is 21.0. The Bertz CT molecular complexity index is 1420. The third-order valence-electron chi connectivity index (χ3n) is 5.53. The van der Waals surface area contributed by atoms with E-state index in [4.69, 9.17) is 4.74 Å². The summed E-state index contributed by atoms with van der Waals surface area (Å²) in [4.78, 5) is 12.8. The van der Waals surface area contributed by atoms with Crippen LogP contribution in [0.1, 0.15) is 16.7 Å². The van der Waals surface area contributed by atoms with Crippen LogP contribution in [0.5, 0.6) is 5.75 Å². The van der Waals surface area contributed by atoms with Crippen molar-refractivity contribution in [3.8, 4) is 5.75 Å². The first-order valence-corrected chi connectivity index (χ1v) is 14.5. The highest BCUT2D eigenvalue weighted by Crippen LogP contribution is 2.28. The molecule has 0 saturated heterocycles. The number of nitrogens with zero attached hydrogens (tertiary/aromatic N) is 1. The van der Waals surface area contributed by atoms with Gasteiger partial charge in [-0.05, 0) is 49.2 Å². The third kappa shape index (κ3) is 7.62. The minimum Gasteiger partial charge on any atom is -0.495 e. The van der Waals surface area contributed by atoms with Crippen LogP contribution in [0.2, 0.25) is 0 Å². The lowest BCUT2D eigenvalue weighted by molar-refractivity contribution is -0.121. The van der Waals surface area contributed by atoms with Gasteiger partial charge in [0.25, 0.3) is 0 Å². The Morgan fingerprint density at radius 3 is 2.16 bits per heavy atom. The van der Waals surface area contributed by atoms with Gasteiger partial charge >= 0.3 is 0 Å². The molecule has 0 saturated carbocycles. The summed E-state index contributed by atoms with van der Waals surface area (Å²) in [6.45, 7) is 3.06. The van der Waals surface area contributed by atoms with Gasteiger partial charge in [0, 0.05) is 19.6 Å². The number of hydrogen-bond acceptors (Lipinski definition) is 6. The number of methoxy groups -OCH3 is 1. The predicted molar refractivity (Wildman–Crippen MR) is 141 cm³/mol. The monoisotopic (exact) mass is 545 g/mol. The number of carbonyl (C=O) groups excluding carboxylic acids is 1. The van der Waals surface area contributed by atoms with Crippen molar-refractivity contribution in [3.05, 3.63) is 89.5 Å². The summed E-state index contributed by atoms with van der Waals surface area (Å²) in [5.74, 6) is -0.393. The maximum absolute atomic E-state index is 13.6. The molecule has 0 spiro atoms. The van der Waals surface area contributed by atoms with Crippen molar-refractivity contribution in [3.63, 3.8) is 0 Å². The number of benzene rings is 3. The number of amides is 1. The van der Waals surface area contributed by atoms with Crippen LogP contribution in [0.25, 0.3) is 0 Å². The highest BCUT2D eigenvalue weighted by atomic mass is 32.2. The first kappa shape index (κ1) is 28.3. The van der Waals surface area contributed by atoms with Crippen LogP contribution in [0.3, 0.4) is 0 Å². The van der Waals surface area contributed by atoms with E-state index < -0.39 is 32.5 Å². The van der Waals surface area contributed by atoms with Gasteiger partial charge in [0.05, 0.1) is 18.6 Å². The van der Waals surface area contributed by atoms with Gasteiger partial charge in [-0.3, -0.25) is 4.79 Å². The second-order valence-corrected chi connectivity index (χ2v) is 12.1. The molecule has 0 aliphatic rings. The Morgan fingerprint density at radius 1 is 0.865 bits per heavy atom. The van der Waals surface area contributed by atoms with E-state index in [1.165, 1.54) is 25.3 Å². The Labute approximate surface area is 218 Å². The van der Waals surface area contributed by atoms with Gasteiger partial charge in [0.2, 0.25) is 26.0 Å². The molecule has 198 valence electrons. The molecular formula is C26H31N3O6S2. The Morgan fingerprint density at radius 2 is 1.51 bits per heavy atom. The van der Waals surface area contributed by atoms with Crippen molar-refractivity contribution in [2.75, 3.05) is 26.7 Å². The van der Waals surface area contributed by atoms with Gasteiger partial charge in [0.1, 0.15) is 10.6 Å². The summed E-state index contributed by atoms with van der Waals surface area (Å²) < 4.78 is 60.9. The summed E-state index contributed by atoms with van der Waals surface area (Å²) in [6, 6.07) is 20.1. The lowest BCUT2D eigenvalue weighted by Crippen LogP contribution is -2.42. The Kier molecular flexibility index (Phi) is 9.44. The molecule has 37 heavy (non-hydrogen) atoms. The Hall–Kier alpha value is -3.25. The fourth-order valence-corrected chi connectivity index (χ4v) is 6.20. The van der Waals surface area contributed by atoms with E-state index in [1.54, 1.807) is 55.5 Å². The molecule has 9 nitrogen and oxygen atoms in total. The van der Waals surface area contributed by atoms with Crippen LogP contribution in [0, 0.1) is 13.8 Å². The fourth-order valence-electron chi connectivity index (χ4n) is 3.54. The van der Waals surface area contributed by atoms with Crippen molar-refractivity contribution in [2.24, 2.45) is 0 Å². The predicted octanol–water partition coefficient (Wildman–Crippen LogP) is 2.60. The molecule has 11 heteroatoms. The summed E-state index contributed by atoms with van der Waals surface area (Å²) >= 11 is 0. The number of aryl methyl sites for hydroxylation is 2. The van der Waals surface area contributed by atoms with Gasteiger partial charge < -0.3 is 10.1 Å². The van der Waals surface area contributed by atoms with E-state index in [9.17, 15) is 21.6 Å². The van der Waals surface area contributed by atoms with E-state index in [-0.39, 0.29) is 35.2 Å². The lowest BCUT2D eigenvalue weighted by atomic mass is 10.2. The quantitative estimate of drug-likeness (QED) is 0.338. The minimum absolute atomic E-state index is 0.0169. The molecule has 0 bridgehead atoms. The number of nitrogens with one attached hydrogen (secondary N) is 2. The van der Waals surface area contributed by atoms with Crippen molar-refractivity contribution in [1.82, 2.24) is 14.3 Å². The first-order chi connectivity index (χ1) is 17.5. The van der Waals surface area contributed by atoms with Gasteiger partial charge in [-0.1, -0.05) is 54.1 Å². The second kappa shape index (κ2) is 12.3. The number of ether oxygens (including phenoxy) is 1. The largest absolute Gasteiger partial charge is 0.495 e. The zero-order chi connectivity index (χ0) is 27.1. The average Bonchev–Trinajstić information content (AvgIpc) is 2.87. The topological polar surface area (TPSA) is 122 Å². The highest BCUT2D eigenvalue weighted by Gasteiger charge is 2.30.